The molecule has 2 heteroatoms. The lowest BCUT2D eigenvalue weighted by Crippen LogP contribution is -2.24. The van der Waals surface area contributed by atoms with Crippen LogP contribution in [-0.2, 0) is 0 Å². The van der Waals surface area contributed by atoms with E-state index < -0.39 is 0 Å². The molecule has 3 rings (SSSR count). The SMILES string of the molecule is CNC(c1ccc(OC)c(C)c1)C1CC2CC2C1. The van der Waals surface area contributed by atoms with Gasteiger partial charge in [0, 0.05) is 6.04 Å². The molecule has 2 aliphatic rings. The number of aryl methyl sites for hydroxylation is 1. The van der Waals surface area contributed by atoms with Crippen LogP contribution in [0.3, 0.4) is 0 Å². The van der Waals surface area contributed by atoms with Gasteiger partial charge in [-0.15, -0.1) is 0 Å². The van der Waals surface area contributed by atoms with Gasteiger partial charge in [-0.05, 0) is 68.2 Å². The smallest absolute Gasteiger partial charge is 0.121 e. The van der Waals surface area contributed by atoms with E-state index in [0.717, 1.165) is 23.5 Å². The molecule has 0 heterocycles. The second kappa shape index (κ2) is 4.58. The lowest BCUT2D eigenvalue weighted by atomic mass is 9.88. The van der Waals surface area contributed by atoms with E-state index in [1.165, 1.54) is 30.4 Å². The van der Waals surface area contributed by atoms with E-state index in [0.29, 0.717) is 6.04 Å². The molecular formula is C16H23NO. The summed E-state index contributed by atoms with van der Waals surface area (Å²) in [6, 6.07) is 7.12. The molecule has 2 nitrogen and oxygen atoms in total. The van der Waals surface area contributed by atoms with E-state index >= 15 is 0 Å². The summed E-state index contributed by atoms with van der Waals surface area (Å²) in [5, 5.41) is 3.53. The van der Waals surface area contributed by atoms with Gasteiger partial charge in [0.1, 0.15) is 5.75 Å². The van der Waals surface area contributed by atoms with Crippen molar-refractivity contribution in [3.63, 3.8) is 0 Å². The average molecular weight is 245 g/mol. The predicted octanol–water partition coefficient (Wildman–Crippen LogP) is 3.31. The highest BCUT2D eigenvalue weighted by molar-refractivity contribution is 5.37. The molecule has 1 aromatic carbocycles. The second-order valence-corrected chi connectivity index (χ2v) is 5.98. The molecule has 0 aliphatic heterocycles. The molecule has 0 amide bonds. The summed E-state index contributed by atoms with van der Waals surface area (Å²) in [4.78, 5) is 0. The zero-order valence-electron chi connectivity index (χ0n) is 11.6. The van der Waals surface area contributed by atoms with E-state index in [2.05, 4.69) is 37.5 Å². The maximum absolute atomic E-state index is 5.34. The van der Waals surface area contributed by atoms with Gasteiger partial charge in [-0.3, -0.25) is 0 Å². The van der Waals surface area contributed by atoms with Gasteiger partial charge in [-0.2, -0.15) is 0 Å². The highest BCUT2D eigenvalue weighted by Gasteiger charge is 2.47. The molecule has 0 spiro atoms. The lowest BCUT2D eigenvalue weighted by Gasteiger charge is -2.25. The van der Waals surface area contributed by atoms with Crippen LogP contribution in [0.1, 0.15) is 36.4 Å². The van der Waals surface area contributed by atoms with Crippen LogP contribution in [0.4, 0.5) is 0 Å². The number of hydrogen-bond donors (Lipinski definition) is 1. The second-order valence-electron chi connectivity index (χ2n) is 5.98. The third-order valence-corrected chi connectivity index (χ3v) is 4.84. The largest absolute Gasteiger partial charge is 0.496 e. The molecule has 18 heavy (non-hydrogen) atoms. The highest BCUT2D eigenvalue weighted by atomic mass is 16.5. The molecule has 0 saturated heterocycles. The Morgan fingerprint density at radius 1 is 1.22 bits per heavy atom. The van der Waals surface area contributed by atoms with Crippen LogP contribution in [0.2, 0.25) is 0 Å². The first-order valence-electron chi connectivity index (χ1n) is 7.04. The minimum absolute atomic E-state index is 0.516. The van der Waals surface area contributed by atoms with E-state index in [1.807, 2.05) is 0 Å². The number of benzene rings is 1. The van der Waals surface area contributed by atoms with E-state index in [-0.39, 0.29) is 0 Å². The van der Waals surface area contributed by atoms with Gasteiger partial charge in [-0.1, -0.05) is 12.1 Å². The Morgan fingerprint density at radius 2 is 1.94 bits per heavy atom. The van der Waals surface area contributed by atoms with Crippen molar-refractivity contribution in [1.82, 2.24) is 5.32 Å². The van der Waals surface area contributed by atoms with Crippen LogP contribution in [0.5, 0.6) is 5.75 Å². The van der Waals surface area contributed by atoms with Gasteiger partial charge in [0.15, 0.2) is 0 Å². The number of ether oxygens (including phenoxy) is 1. The Balaban J connectivity index is 1.80. The normalized spacial score (nSPS) is 30.9. The fraction of sp³-hybridized carbons (Fsp3) is 0.625. The molecule has 2 fully saturated rings. The van der Waals surface area contributed by atoms with Crippen molar-refractivity contribution in [1.29, 1.82) is 0 Å². The Bertz CT molecular complexity index is 433. The van der Waals surface area contributed by atoms with Crippen molar-refractivity contribution in [2.24, 2.45) is 17.8 Å². The van der Waals surface area contributed by atoms with E-state index in [9.17, 15) is 0 Å². The van der Waals surface area contributed by atoms with Crippen LogP contribution >= 0.6 is 0 Å². The number of nitrogens with one attached hydrogen (secondary N) is 1. The molecule has 3 atom stereocenters. The Labute approximate surface area is 110 Å². The average Bonchev–Trinajstić information content (AvgIpc) is 2.98. The van der Waals surface area contributed by atoms with Crippen LogP contribution in [0.15, 0.2) is 18.2 Å². The van der Waals surface area contributed by atoms with Crippen LogP contribution < -0.4 is 10.1 Å². The van der Waals surface area contributed by atoms with Crippen molar-refractivity contribution >= 4 is 0 Å². The molecule has 98 valence electrons. The highest BCUT2D eigenvalue weighted by Crippen LogP contribution is 2.57. The fourth-order valence-electron chi connectivity index (χ4n) is 3.80. The van der Waals surface area contributed by atoms with Crippen molar-refractivity contribution in [2.45, 2.75) is 32.2 Å². The molecule has 1 N–H and O–H groups in total. The summed E-state index contributed by atoms with van der Waals surface area (Å²) in [5.74, 6) is 3.91. The minimum atomic E-state index is 0.516. The Morgan fingerprint density at radius 3 is 2.50 bits per heavy atom. The number of rotatable bonds is 4. The fourth-order valence-corrected chi connectivity index (χ4v) is 3.80. The van der Waals surface area contributed by atoms with Gasteiger partial charge >= 0.3 is 0 Å². The quantitative estimate of drug-likeness (QED) is 0.878. The summed E-state index contributed by atoms with van der Waals surface area (Å²) in [6.45, 7) is 2.13. The van der Waals surface area contributed by atoms with Gasteiger partial charge in [-0.25, -0.2) is 0 Å². The first-order chi connectivity index (χ1) is 8.72. The van der Waals surface area contributed by atoms with Gasteiger partial charge < -0.3 is 10.1 Å². The monoisotopic (exact) mass is 245 g/mol. The first kappa shape index (κ1) is 12.0. The molecule has 2 saturated carbocycles. The molecule has 0 bridgehead atoms. The minimum Gasteiger partial charge on any atom is -0.496 e. The molecule has 1 aromatic rings. The summed E-state index contributed by atoms with van der Waals surface area (Å²) >= 11 is 0. The lowest BCUT2D eigenvalue weighted by molar-refractivity contribution is 0.358. The molecule has 3 unspecified atom stereocenters. The van der Waals surface area contributed by atoms with Gasteiger partial charge in [0.25, 0.3) is 0 Å². The maximum Gasteiger partial charge on any atom is 0.121 e. The van der Waals surface area contributed by atoms with E-state index in [1.54, 1.807) is 7.11 Å². The summed E-state index contributed by atoms with van der Waals surface area (Å²) in [6.07, 6.45) is 4.33. The standard InChI is InChI=1S/C16H23NO/c1-10-6-11(4-5-15(10)18-3)16(17-2)14-8-12-7-13(12)9-14/h4-6,12-14,16-17H,7-9H2,1-3H3. The Hall–Kier alpha value is -1.02. The Kier molecular flexibility index (Phi) is 3.06. The molecule has 0 aromatic heterocycles. The van der Waals surface area contributed by atoms with Crippen molar-refractivity contribution < 1.29 is 4.74 Å². The van der Waals surface area contributed by atoms with Crippen molar-refractivity contribution in [3.8, 4) is 5.75 Å². The van der Waals surface area contributed by atoms with Gasteiger partial charge in [0.2, 0.25) is 0 Å². The molecule has 0 radical (unpaired) electrons. The zero-order chi connectivity index (χ0) is 12.7. The first-order valence-corrected chi connectivity index (χ1v) is 7.04. The van der Waals surface area contributed by atoms with Crippen LogP contribution in [-0.4, -0.2) is 14.2 Å². The summed E-state index contributed by atoms with van der Waals surface area (Å²) < 4.78 is 5.34. The van der Waals surface area contributed by atoms with Crippen molar-refractivity contribution in [3.05, 3.63) is 29.3 Å². The molecular weight excluding hydrogens is 222 g/mol. The zero-order valence-corrected chi connectivity index (χ0v) is 11.6. The third kappa shape index (κ3) is 2.03. The third-order valence-electron chi connectivity index (χ3n) is 4.84. The van der Waals surface area contributed by atoms with Crippen LogP contribution in [0.25, 0.3) is 0 Å². The summed E-state index contributed by atoms with van der Waals surface area (Å²) in [7, 11) is 3.83. The van der Waals surface area contributed by atoms with Crippen molar-refractivity contribution in [2.75, 3.05) is 14.2 Å². The predicted molar refractivity (Wildman–Crippen MR) is 73.9 cm³/mol. The van der Waals surface area contributed by atoms with Crippen LogP contribution in [0, 0.1) is 24.7 Å². The summed E-state index contributed by atoms with van der Waals surface area (Å²) in [5.41, 5.74) is 2.65. The number of methoxy groups -OCH3 is 1. The van der Waals surface area contributed by atoms with E-state index in [4.69, 9.17) is 4.74 Å². The van der Waals surface area contributed by atoms with Gasteiger partial charge in [0.05, 0.1) is 7.11 Å². The maximum atomic E-state index is 5.34. The number of fused-ring (bicyclic) bond motifs is 1. The topological polar surface area (TPSA) is 21.3 Å². The number of hydrogen-bond acceptors (Lipinski definition) is 2. The molecule has 2 aliphatic carbocycles.